The van der Waals surface area contributed by atoms with Crippen molar-refractivity contribution in [2.75, 3.05) is 19.6 Å². The second-order valence-corrected chi connectivity index (χ2v) is 9.19. The van der Waals surface area contributed by atoms with Gasteiger partial charge in [-0.2, -0.15) is 0 Å². The van der Waals surface area contributed by atoms with Gasteiger partial charge in [0, 0.05) is 25.7 Å². The molecule has 3 fully saturated rings. The highest BCUT2D eigenvalue weighted by molar-refractivity contribution is 4.95. The zero-order valence-electron chi connectivity index (χ0n) is 14.5. The van der Waals surface area contributed by atoms with Crippen LogP contribution in [0.2, 0.25) is 0 Å². The van der Waals surface area contributed by atoms with Crippen molar-refractivity contribution in [3.8, 4) is 0 Å². The lowest BCUT2D eigenvalue weighted by molar-refractivity contribution is 0.0901. The van der Waals surface area contributed by atoms with E-state index in [9.17, 15) is 0 Å². The number of rotatable bonds is 3. The van der Waals surface area contributed by atoms with Gasteiger partial charge in [-0.05, 0) is 67.6 Å². The topological polar surface area (TPSA) is 29.3 Å². The van der Waals surface area contributed by atoms with E-state index in [-0.39, 0.29) is 0 Å². The normalized spacial score (nSPS) is 39.4. The van der Waals surface area contributed by atoms with Crippen molar-refractivity contribution in [2.24, 2.45) is 34.8 Å². The highest BCUT2D eigenvalue weighted by atomic mass is 15.2. The van der Waals surface area contributed by atoms with Gasteiger partial charge in [0.15, 0.2) is 0 Å². The fourth-order valence-electron chi connectivity index (χ4n) is 5.55. The third kappa shape index (κ3) is 3.32. The predicted octanol–water partition coefficient (Wildman–Crippen LogP) is 3.90. The molecule has 2 N–H and O–H groups in total. The Labute approximate surface area is 131 Å². The Kier molecular flexibility index (Phi) is 4.66. The van der Waals surface area contributed by atoms with Gasteiger partial charge in [-0.1, -0.05) is 27.2 Å². The molecule has 0 amide bonds. The van der Waals surface area contributed by atoms with Gasteiger partial charge in [-0.25, -0.2) is 0 Å². The van der Waals surface area contributed by atoms with Crippen molar-refractivity contribution in [1.29, 1.82) is 0 Å². The molecule has 1 heterocycles. The summed E-state index contributed by atoms with van der Waals surface area (Å²) in [5, 5.41) is 0. The molecule has 2 saturated carbocycles. The average Bonchev–Trinajstić information content (AvgIpc) is 3.00. The Morgan fingerprint density at radius 1 is 0.952 bits per heavy atom. The van der Waals surface area contributed by atoms with Crippen molar-refractivity contribution in [3.63, 3.8) is 0 Å². The molecule has 2 nitrogen and oxygen atoms in total. The first-order valence-electron chi connectivity index (χ1n) is 9.43. The first-order valence-corrected chi connectivity index (χ1v) is 9.43. The summed E-state index contributed by atoms with van der Waals surface area (Å²) in [5.74, 6) is 3.80. The molecule has 0 bridgehead atoms. The van der Waals surface area contributed by atoms with Crippen molar-refractivity contribution < 1.29 is 0 Å². The van der Waals surface area contributed by atoms with Crippen LogP contribution < -0.4 is 5.73 Å². The van der Waals surface area contributed by atoms with Gasteiger partial charge >= 0.3 is 0 Å². The fourth-order valence-corrected chi connectivity index (χ4v) is 5.55. The molecule has 0 aromatic rings. The van der Waals surface area contributed by atoms with E-state index in [1.54, 1.807) is 0 Å². The van der Waals surface area contributed by atoms with Crippen LogP contribution >= 0.6 is 0 Å². The van der Waals surface area contributed by atoms with Gasteiger partial charge in [0.1, 0.15) is 0 Å². The van der Waals surface area contributed by atoms with Gasteiger partial charge in [0.25, 0.3) is 0 Å². The van der Waals surface area contributed by atoms with E-state index in [0.29, 0.717) is 11.5 Å². The van der Waals surface area contributed by atoms with Crippen LogP contribution in [0.4, 0.5) is 0 Å². The van der Waals surface area contributed by atoms with Crippen LogP contribution in [0.25, 0.3) is 0 Å². The summed E-state index contributed by atoms with van der Waals surface area (Å²) in [6, 6.07) is 0.677. The van der Waals surface area contributed by atoms with E-state index in [2.05, 4.69) is 25.7 Å². The van der Waals surface area contributed by atoms with Crippen LogP contribution in [0.15, 0.2) is 0 Å². The van der Waals surface area contributed by atoms with E-state index < -0.39 is 0 Å². The third-order valence-electron chi connectivity index (χ3n) is 7.01. The first-order chi connectivity index (χ1) is 9.99. The molecule has 1 saturated heterocycles. The van der Waals surface area contributed by atoms with Crippen LogP contribution in [0.1, 0.15) is 65.7 Å². The molecule has 0 spiro atoms. The summed E-state index contributed by atoms with van der Waals surface area (Å²) in [4.78, 5) is 2.79. The molecule has 2 aliphatic carbocycles. The van der Waals surface area contributed by atoms with E-state index in [1.807, 2.05) is 0 Å². The van der Waals surface area contributed by atoms with Crippen LogP contribution in [-0.4, -0.2) is 30.6 Å². The summed E-state index contributed by atoms with van der Waals surface area (Å²) in [7, 11) is 0. The maximum Gasteiger partial charge on any atom is 0.0246 e. The monoisotopic (exact) mass is 292 g/mol. The predicted molar refractivity (Wildman–Crippen MR) is 90.1 cm³/mol. The highest BCUT2D eigenvalue weighted by Crippen LogP contribution is 2.44. The molecule has 0 radical (unpaired) electrons. The zero-order valence-corrected chi connectivity index (χ0v) is 14.5. The maximum atomic E-state index is 6.21. The van der Waals surface area contributed by atoms with Gasteiger partial charge in [-0.15, -0.1) is 0 Å². The van der Waals surface area contributed by atoms with E-state index in [0.717, 1.165) is 30.2 Å². The van der Waals surface area contributed by atoms with E-state index >= 15 is 0 Å². The summed E-state index contributed by atoms with van der Waals surface area (Å²) in [6.45, 7) is 10.8. The van der Waals surface area contributed by atoms with Crippen LogP contribution in [-0.2, 0) is 0 Å². The second-order valence-electron chi connectivity index (χ2n) is 9.19. The van der Waals surface area contributed by atoms with Gasteiger partial charge in [0.05, 0.1) is 0 Å². The fraction of sp³-hybridized carbons (Fsp3) is 1.00. The van der Waals surface area contributed by atoms with Crippen molar-refractivity contribution in [1.82, 2.24) is 4.90 Å². The molecule has 3 unspecified atom stereocenters. The standard InChI is InChI=1S/C19H36N2/c1-19(2,3)17-9-7-14(8-10-17)18(11-20)21-12-15-5-4-6-16(15)13-21/h14-18H,4-13,20H2,1-3H3. The van der Waals surface area contributed by atoms with Crippen molar-refractivity contribution in [3.05, 3.63) is 0 Å². The Morgan fingerprint density at radius 3 is 2.00 bits per heavy atom. The van der Waals surface area contributed by atoms with E-state index in [1.165, 1.54) is 58.0 Å². The quantitative estimate of drug-likeness (QED) is 0.855. The number of nitrogens with zero attached hydrogens (tertiary/aromatic N) is 1. The summed E-state index contributed by atoms with van der Waals surface area (Å²) < 4.78 is 0. The molecule has 1 aliphatic heterocycles. The lowest BCUT2D eigenvalue weighted by atomic mass is 9.68. The summed E-state index contributed by atoms with van der Waals surface area (Å²) in [6.07, 6.45) is 10.1. The minimum absolute atomic E-state index is 0.494. The Morgan fingerprint density at radius 2 is 1.52 bits per heavy atom. The van der Waals surface area contributed by atoms with Crippen LogP contribution in [0.3, 0.4) is 0 Å². The molecular weight excluding hydrogens is 256 g/mol. The van der Waals surface area contributed by atoms with Gasteiger partial charge in [-0.3, -0.25) is 4.90 Å². The Balaban J connectivity index is 1.56. The molecular formula is C19H36N2. The van der Waals surface area contributed by atoms with Gasteiger partial charge < -0.3 is 5.73 Å². The minimum atomic E-state index is 0.494. The SMILES string of the molecule is CC(C)(C)C1CCC(C(CN)N2CC3CCCC3C2)CC1. The Hall–Kier alpha value is -0.0800. The number of nitrogens with two attached hydrogens (primary N) is 1. The number of likely N-dealkylation sites (tertiary alicyclic amines) is 1. The minimum Gasteiger partial charge on any atom is -0.329 e. The molecule has 3 rings (SSSR count). The third-order valence-corrected chi connectivity index (χ3v) is 7.01. The largest absolute Gasteiger partial charge is 0.329 e. The molecule has 21 heavy (non-hydrogen) atoms. The highest BCUT2D eigenvalue weighted by Gasteiger charge is 2.41. The molecule has 0 aromatic carbocycles. The number of hydrogen-bond donors (Lipinski definition) is 1. The van der Waals surface area contributed by atoms with Gasteiger partial charge in [0.2, 0.25) is 0 Å². The first kappa shape index (κ1) is 15.8. The maximum absolute atomic E-state index is 6.21. The smallest absolute Gasteiger partial charge is 0.0246 e. The number of hydrogen-bond acceptors (Lipinski definition) is 2. The number of fused-ring (bicyclic) bond motifs is 1. The van der Waals surface area contributed by atoms with Crippen LogP contribution in [0.5, 0.6) is 0 Å². The molecule has 3 aliphatic rings. The molecule has 122 valence electrons. The lowest BCUT2D eigenvalue weighted by Crippen LogP contribution is -2.46. The van der Waals surface area contributed by atoms with Crippen molar-refractivity contribution in [2.45, 2.75) is 71.8 Å². The molecule has 0 aromatic heterocycles. The summed E-state index contributed by atoms with van der Waals surface area (Å²) >= 11 is 0. The van der Waals surface area contributed by atoms with E-state index in [4.69, 9.17) is 5.73 Å². The van der Waals surface area contributed by atoms with Crippen LogP contribution in [0, 0.1) is 29.1 Å². The molecule has 3 atom stereocenters. The zero-order chi connectivity index (χ0) is 15.0. The molecule has 2 heteroatoms. The van der Waals surface area contributed by atoms with Crippen molar-refractivity contribution >= 4 is 0 Å². The lowest BCUT2D eigenvalue weighted by Gasteiger charge is -2.42. The summed E-state index contributed by atoms with van der Waals surface area (Å²) in [5.41, 5.74) is 6.71. The average molecular weight is 293 g/mol. The second kappa shape index (κ2) is 6.20. The Bertz CT molecular complexity index is 326.